The second kappa shape index (κ2) is 13.3. The van der Waals surface area contributed by atoms with E-state index in [9.17, 15) is 22.4 Å². The Morgan fingerprint density at radius 3 is 2.71 bits per heavy atom. The van der Waals surface area contributed by atoms with Gasteiger partial charge in [-0.3, -0.25) is 14.2 Å². The molecule has 2 amide bonds. The maximum absolute atomic E-state index is 13.7. The fourth-order valence-electron chi connectivity index (χ4n) is 4.64. The molecule has 5 rings (SSSR count). The highest BCUT2D eigenvalue weighted by Gasteiger charge is 2.26. The molecule has 0 atom stereocenters. The molecule has 0 unspecified atom stereocenters. The van der Waals surface area contributed by atoms with Crippen molar-refractivity contribution in [3.63, 3.8) is 0 Å². The number of sulfonamides is 1. The van der Waals surface area contributed by atoms with Gasteiger partial charge in [-0.15, -0.1) is 0 Å². The molecular weight excluding hydrogens is 611 g/mol. The molecule has 45 heavy (non-hydrogen) atoms. The van der Waals surface area contributed by atoms with Crippen LogP contribution >= 0.6 is 0 Å². The van der Waals surface area contributed by atoms with Crippen molar-refractivity contribution in [3.8, 4) is 11.5 Å². The molecule has 1 saturated heterocycles. The van der Waals surface area contributed by atoms with Crippen LogP contribution in [0.1, 0.15) is 23.6 Å². The maximum Gasteiger partial charge on any atom is 0.410 e. The molecule has 3 heterocycles. The quantitative estimate of drug-likeness (QED) is 0.195. The fraction of sp³-hybridized carbons (Fsp3) is 0.310. The molecule has 2 N–H and O–H groups in total. The summed E-state index contributed by atoms with van der Waals surface area (Å²) in [6.45, 7) is 6.24. The second-order valence-electron chi connectivity index (χ2n) is 10.0. The number of amides is 2. The van der Waals surface area contributed by atoms with Crippen LogP contribution in [0.2, 0.25) is 0 Å². The number of ether oxygens (including phenoxy) is 3. The fourth-order valence-corrected chi connectivity index (χ4v) is 5.84. The Bertz CT molecular complexity index is 1850. The number of carbonyl (C=O) groups excluding carboxylic acids is 2. The van der Waals surface area contributed by atoms with E-state index in [1.165, 1.54) is 24.3 Å². The monoisotopic (exact) mass is 642 g/mol. The lowest BCUT2D eigenvalue weighted by Crippen LogP contribution is -2.29. The summed E-state index contributed by atoms with van der Waals surface area (Å²) in [6.07, 6.45) is 3.36. The Morgan fingerprint density at radius 1 is 1.18 bits per heavy atom. The zero-order valence-electron chi connectivity index (χ0n) is 24.5. The van der Waals surface area contributed by atoms with E-state index >= 15 is 0 Å². The highest BCUT2D eigenvalue weighted by atomic mass is 32.2. The van der Waals surface area contributed by atoms with E-state index < -0.39 is 27.9 Å². The van der Waals surface area contributed by atoms with Gasteiger partial charge in [-0.2, -0.15) is 5.10 Å². The first-order valence-electron chi connectivity index (χ1n) is 13.9. The number of fused-ring (bicyclic) bond motifs is 1. The number of aryl methyl sites for hydroxylation is 1. The molecule has 238 valence electrons. The highest BCUT2D eigenvalue weighted by Crippen LogP contribution is 2.36. The molecule has 1 aliphatic heterocycles. The summed E-state index contributed by atoms with van der Waals surface area (Å²) in [5.41, 5.74) is 2.38. The normalized spacial score (nSPS) is 13.1. The third-order valence-corrected chi connectivity index (χ3v) is 8.31. The topological polar surface area (TPSA) is 167 Å². The molecule has 4 aromatic rings. The average molecular weight is 643 g/mol. The van der Waals surface area contributed by atoms with E-state index in [4.69, 9.17) is 18.7 Å². The zero-order chi connectivity index (χ0) is 32.1. The minimum Gasteiger partial charge on any atom is -0.496 e. The number of anilines is 1. The van der Waals surface area contributed by atoms with Crippen molar-refractivity contribution in [2.45, 2.75) is 31.3 Å². The highest BCUT2D eigenvalue weighted by molar-refractivity contribution is 7.92. The summed E-state index contributed by atoms with van der Waals surface area (Å²) in [4.78, 5) is 24.5. The lowest BCUT2D eigenvalue weighted by molar-refractivity contribution is -0.119. The number of hydrogen-bond donors (Lipinski definition) is 2. The number of aromatic nitrogens is 3. The van der Waals surface area contributed by atoms with E-state index in [1.807, 2.05) is 6.92 Å². The molecule has 0 spiro atoms. The van der Waals surface area contributed by atoms with Crippen LogP contribution in [0.4, 0.5) is 15.0 Å². The van der Waals surface area contributed by atoms with E-state index in [-0.39, 0.29) is 48.3 Å². The van der Waals surface area contributed by atoms with Gasteiger partial charge in [0.25, 0.3) is 15.9 Å². The summed E-state index contributed by atoms with van der Waals surface area (Å²) in [5.74, 6) is -1.64. The van der Waals surface area contributed by atoms with Crippen molar-refractivity contribution >= 4 is 38.8 Å². The molecule has 1 aliphatic rings. The van der Waals surface area contributed by atoms with Gasteiger partial charge in [-0.05, 0) is 41.8 Å². The number of methoxy groups -OCH3 is 1. The molecule has 2 aromatic carbocycles. The van der Waals surface area contributed by atoms with Crippen molar-refractivity contribution in [2.24, 2.45) is 0 Å². The van der Waals surface area contributed by atoms with Crippen LogP contribution in [0.3, 0.4) is 0 Å². The first kappa shape index (κ1) is 31.3. The van der Waals surface area contributed by atoms with Crippen LogP contribution in [0.5, 0.6) is 11.5 Å². The van der Waals surface area contributed by atoms with Crippen LogP contribution in [-0.4, -0.2) is 73.7 Å². The molecule has 16 heteroatoms. The molecule has 14 nitrogen and oxygen atoms in total. The van der Waals surface area contributed by atoms with Gasteiger partial charge in [0, 0.05) is 18.3 Å². The van der Waals surface area contributed by atoms with Crippen LogP contribution < -0.4 is 19.5 Å². The summed E-state index contributed by atoms with van der Waals surface area (Å²) in [5, 5.41) is 10.9. The molecule has 0 saturated carbocycles. The van der Waals surface area contributed by atoms with E-state index in [0.29, 0.717) is 41.8 Å². The van der Waals surface area contributed by atoms with Crippen molar-refractivity contribution < 1.29 is 41.1 Å². The number of carbonyl (C=O) groups is 2. The lowest BCUT2D eigenvalue weighted by atomic mass is 10.1. The summed E-state index contributed by atoms with van der Waals surface area (Å²) in [6, 6.07) is 8.25. The SMILES string of the molecule is C=C(F)C(=O)NCc1cnn(Cc2cc(OC)c3c(NS(=O)(=O)c4cc(CC)ccc4OCCN4CCOC4=O)noc3c2)c1. The number of nitrogens with one attached hydrogen (secondary N) is 2. The van der Waals surface area contributed by atoms with Gasteiger partial charge in [-0.1, -0.05) is 24.7 Å². The van der Waals surface area contributed by atoms with Gasteiger partial charge in [-0.25, -0.2) is 17.6 Å². The minimum atomic E-state index is -4.23. The number of benzene rings is 2. The Kier molecular flexibility index (Phi) is 9.22. The van der Waals surface area contributed by atoms with E-state index in [1.54, 1.807) is 35.1 Å². The molecule has 1 fully saturated rings. The van der Waals surface area contributed by atoms with Gasteiger partial charge in [0.1, 0.15) is 35.0 Å². The van der Waals surface area contributed by atoms with Gasteiger partial charge in [0.15, 0.2) is 17.2 Å². The minimum absolute atomic E-state index is 0.0618. The number of cyclic esters (lactones) is 1. The smallest absolute Gasteiger partial charge is 0.410 e. The Hall–Kier alpha value is -5.12. The van der Waals surface area contributed by atoms with Gasteiger partial charge in [0.2, 0.25) is 0 Å². The number of halogens is 1. The Balaban J connectivity index is 1.35. The largest absolute Gasteiger partial charge is 0.496 e. The first-order chi connectivity index (χ1) is 21.6. The third-order valence-electron chi connectivity index (χ3n) is 6.95. The predicted octanol–water partition coefficient (Wildman–Crippen LogP) is 3.37. The molecular formula is C29H31FN6O8S. The lowest BCUT2D eigenvalue weighted by Gasteiger charge is -2.16. The summed E-state index contributed by atoms with van der Waals surface area (Å²) >= 11 is 0. The third kappa shape index (κ3) is 7.17. The van der Waals surface area contributed by atoms with Gasteiger partial charge >= 0.3 is 6.09 Å². The van der Waals surface area contributed by atoms with Crippen molar-refractivity contribution in [2.75, 3.05) is 38.1 Å². The molecule has 2 aromatic heterocycles. The average Bonchev–Trinajstić information content (AvgIpc) is 3.75. The predicted molar refractivity (Wildman–Crippen MR) is 159 cm³/mol. The van der Waals surface area contributed by atoms with E-state index in [2.05, 4.69) is 26.9 Å². The van der Waals surface area contributed by atoms with Crippen LogP contribution in [0.25, 0.3) is 11.0 Å². The maximum atomic E-state index is 13.7. The van der Waals surface area contributed by atoms with Crippen molar-refractivity contribution in [3.05, 3.63) is 71.8 Å². The van der Waals surface area contributed by atoms with Crippen molar-refractivity contribution in [1.29, 1.82) is 0 Å². The Morgan fingerprint density at radius 2 is 2.00 bits per heavy atom. The standard InChI is InChI=1S/C29H31FN6O8S/c1-4-19-5-6-22(42-9-7-35-8-10-43-29(35)38)25(13-19)45(39,40)34-27-26-23(41-3)11-20(12-24(26)44-33-27)16-36-17-21(15-32-36)14-31-28(37)18(2)30/h5-6,11-13,15,17H,2,4,7-10,14,16H2,1,3H3,(H,31,37)(H,33,34). The van der Waals surface area contributed by atoms with Crippen molar-refractivity contribution in [1.82, 2.24) is 25.2 Å². The van der Waals surface area contributed by atoms with Gasteiger partial charge < -0.3 is 29.0 Å². The molecule has 0 bridgehead atoms. The molecule has 0 aliphatic carbocycles. The Labute approximate surface area is 257 Å². The van der Waals surface area contributed by atoms with Crippen LogP contribution in [0, 0.1) is 0 Å². The first-order valence-corrected chi connectivity index (χ1v) is 15.4. The number of rotatable bonds is 14. The zero-order valence-corrected chi connectivity index (χ0v) is 25.4. The van der Waals surface area contributed by atoms with Crippen LogP contribution in [-0.2, 0) is 39.1 Å². The second-order valence-corrected chi connectivity index (χ2v) is 11.7. The van der Waals surface area contributed by atoms with Crippen LogP contribution in [0.15, 0.2) is 64.5 Å². The van der Waals surface area contributed by atoms with E-state index in [0.717, 1.165) is 5.56 Å². The molecule has 0 radical (unpaired) electrons. The summed E-state index contributed by atoms with van der Waals surface area (Å²) in [7, 11) is -2.79. The number of nitrogens with zero attached hydrogens (tertiary/aromatic N) is 4. The van der Waals surface area contributed by atoms with Gasteiger partial charge in [0.05, 0.1) is 32.9 Å². The summed E-state index contributed by atoms with van der Waals surface area (Å²) < 4.78 is 66.2. The number of hydrogen-bond acceptors (Lipinski definition) is 10.